The predicted octanol–water partition coefficient (Wildman–Crippen LogP) is 1.75. The third-order valence-electron chi connectivity index (χ3n) is 5.02. The molecule has 0 amide bonds. The van der Waals surface area contributed by atoms with Crippen LogP contribution in [0, 0.1) is 11.3 Å². The molecule has 22 heavy (non-hydrogen) atoms. The van der Waals surface area contributed by atoms with E-state index in [-0.39, 0.29) is 11.3 Å². The van der Waals surface area contributed by atoms with Gasteiger partial charge in [-0.3, -0.25) is 0 Å². The molecular weight excluding hydrogens is 302 g/mol. The summed E-state index contributed by atoms with van der Waals surface area (Å²) in [7, 11) is -1.75. The van der Waals surface area contributed by atoms with Crippen molar-refractivity contribution < 1.29 is 17.9 Å². The molecule has 0 aromatic heterocycles. The van der Waals surface area contributed by atoms with Crippen molar-refractivity contribution in [3.63, 3.8) is 0 Å². The Balaban J connectivity index is 1.87. The van der Waals surface area contributed by atoms with Crippen molar-refractivity contribution in [3.8, 4) is 0 Å². The van der Waals surface area contributed by atoms with Gasteiger partial charge in [-0.1, -0.05) is 18.2 Å². The zero-order valence-electron chi connectivity index (χ0n) is 12.9. The fraction of sp³-hybridized carbons (Fsp3) is 0.625. The lowest BCUT2D eigenvalue weighted by Crippen LogP contribution is -2.39. The van der Waals surface area contributed by atoms with Gasteiger partial charge in [-0.2, -0.15) is 4.31 Å². The summed E-state index contributed by atoms with van der Waals surface area (Å²) in [6.07, 6.45) is 1.81. The molecule has 0 bridgehead atoms. The van der Waals surface area contributed by atoms with Crippen molar-refractivity contribution in [2.24, 2.45) is 11.3 Å². The molecule has 1 spiro atoms. The van der Waals surface area contributed by atoms with Crippen molar-refractivity contribution >= 4 is 10.0 Å². The molecule has 122 valence electrons. The Morgan fingerprint density at radius 3 is 2.59 bits per heavy atom. The van der Waals surface area contributed by atoms with Gasteiger partial charge in [-0.15, -0.1) is 0 Å². The Hall–Kier alpha value is -0.950. The van der Waals surface area contributed by atoms with E-state index in [2.05, 4.69) is 0 Å². The van der Waals surface area contributed by atoms with Crippen LogP contribution in [0.1, 0.15) is 12.8 Å². The van der Waals surface area contributed by atoms with Gasteiger partial charge in [0.05, 0.1) is 11.5 Å². The second-order valence-electron chi connectivity index (χ2n) is 6.24. The molecule has 1 unspecified atom stereocenters. The standard InChI is InChI=1S/C16H23NO4S/c1-20-12-14-11-17(13-16(14)7-9-21-10-8-16)22(18,19)15-5-3-2-4-6-15/h2-6,14H,7-13H2,1H3. The van der Waals surface area contributed by atoms with E-state index in [1.165, 1.54) is 0 Å². The summed E-state index contributed by atoms with van der Waals surface area (Å²) in [6.45, 7) is 3.12. The predicted molar refractivity (Wildman–Crippen MR) is 83.1 cm³/mol. The van der Waals surface area contributed by atoms with E-state index in [9.17, 15) is 8.42 Å². The first-order chi connectivity index (χ1) is 10.6. The van der Waals surface area contributed by atoms with Crippen LogP contribution in [-0.4, -0.2) is 52.7 Å². The molecule has 2 saturated heterocycles. The number of rotatable bonds is 4. The van der Waals surface area contributed by atoms with Gasteiger partial charge in [-0.05, 0) is 30.4 Å². The van der Waals surface area contributed by atoms with Crippen LogP contribution in [0.2, 0.25) is 0 Å². The number of hydrogen-bond donors (Lipinski definition) is 0. The van der Waals surface area contributed by atoms with Crippen molar-refractivity contribution in [1.82, 2.24) is 4.31 Å². The second kappa shape index (κ2) is 6.28. The summed E-state index contributed by atoms with van der Waals surface area (Å²) < 4.78 is 38.2. The molecule has 2 aliphatic heterocycles. The molecule has 0 radical (unpaired) electrons. The Morgan fingerprint density at radius 1 is 1.27 bits per heavy atom. The number of nitrogens with zero attached hydrogens (tertiary/aromatic N) is 1. The van der Waals surface area contributed by atoms with E-state index in [1.807, 2.05) is 6.07 Å². The number of sulfonamides is 1. The zero-order valence-corrected chi connectivity index (χ0v) is 13.7. The first kappa shape index (κ1) is 15.9. The van der Waals surface area contributed by atoms with E-state index >= 15 is 0 Å². The van der Waals surface area contributed by atoms with Crippen LogP contribution in [0.4, 0.5) is 0 Å². The van der Waals surface area contributed by atoms with Crippen molar-refractivity contribution in [2.75, 3.05) is 40.0 Å². The maximum Gasteiger partial charge on any atom is 0.243 e. The van der Waals surface area contributed by atoms with Crippen LogP contribution in [-0.2, 0) is 19.5 Å². The van der Waals surface area contributed by atoms with Crippen molar-refractivity contribution in [3.05, 3.63) is 30.3 Å². The quantitative estimate of drug-likeness (QED) is 0.846. The summed E-state index contributed by atoms with van der Waals surface area (Å²) in [5.74, 6) is 0.236. The van der Waals surface area contributed by atoms with Gasteiger partial charge in [0.1, 0.15) is 0 Å². The number of benzene rings is 1. The van der Waals surface area contributed by atoms with Gasteiger partial charge in [0.2, 0.25) is 10.0 Å². The maximum absolute atomic E-state index is 12.9. The highest BCUT2D eigenvalue weighted by Crippen LogP contribution is 2.45. The molecule has 3 rings (SSSR count). The number of methoxy groups -OCH3 is 1. The van der Waals surface area contributed by atoms with E-state index in [4.69, 9.17) is 9.47 Å². The highest BCUT2D eigenvalue weighted by Gasteiger charge is 2.50. The summed E-state index contributed by atoms with van der Waals surface area (Å²) in [5.41, 5.74) is -0.00386. The van der Waals surface area contributed by atoms with E-state index in [1.54, 1.807) is 35.7 Å². The topological polar surface area (TPSA) is 55.8 Å². The minimum atomic E-state index is -3.43. The van der Waals surface area contributed by atoms with Gasteiger partial charge in [0.25, 0.3) is 0 Å². The highest BCUT2D eigenvalue weighted by atomic mass is 32.2. The van der Waals surface area contributed by atoms with Gasteiger partial charge in [0.15, 0.2) is 0 Å². The summed E-state index contributed by atoms with van der Waals surface area (Å²) in [5, 5.41) is 0. The van der Waals surface area contributed by atoms with Gasteiger partial charge < -0.3 is 9.47 Å². The largest absolute Gasteiger partial charge is 0.384 e. The first-order valence-corrected chi connectivity index (χ1v) is 9.14. The van der Waals surface area contributed by atoms with Gasteiger partial charge in [0, 0.05) is 39.3 Å². The molecule has 0 aliphatic carbocycles. The molecule has 2 fully saturated rings. The van der Waals surface area contributed by atoms with Crippen LogP contribution < -0.4 is 0 Å². The van der Waals surface area contributed by atoms with Gasteiger partial charge >= 0.3 is 0 Å². The average Bonchev–Trinajstić information content (AvgIpc) is 2.88. The Bertz CT molecular complexity index is 596. The molecule has 2 heterocycles. The Labute approximate surface area is 132 Å². The molecule has 1 aromatic rings. The summed E-state index contributed by atoms with van der Waals surface area (Å²) in [4.78, 5) is 0.371. The monoisotopic (exact) mass is 325 g/mol. The smallest absolute Gasteiger partial charge is 0.243 e. The summed E-state index contributed by atoms with van der Waals surface area (Å²) >= 11 is 0. The van der Waals surface area contributed by atoms with E-state index in [0.29, 0.717) is 37.8 Å². The molecule has 0 saturated carbocycles. The number of ether oxygens (including phenoxy) is 2. The molecule has 5 nitrogen and oxygen atoms in total. The van der Waals surface area contributed by atoms with Crippen LogP contribution >= 0.6 is 0 Å². The fourth-order valence-electron chi connectivity index (χ4n) is 3.68. The normalized spacial score (nSPS) is 25.6. The van der Waals surface area contributed by atoms with Crippen LogP contribution in [0.3, 0.4) is 0 Å². The van der Waals surface area contributed by atoms with E-state index < -0.39 is 10.0 Å². The minimum Gasteiger partial charge on any atom is -0.384 e. The molecule has 6 heteroatoms. The zero-order chi connectivity index (χ0) is 15.6. The van der Waals surface area contributed by atoms with Gasteiger partial charge in [-0.25, -0.2) is 8.42 Å². The number of hydrogen-bond acceptors (Lipinski definition) is 4. The molecule has 2 aliphatic rings. The molecule has 0 N–H and O–H groups in total. The summed E-state index contributed by atoms with van der Waals surface area (Å²) in [6, 6.07) is 8.68. The molecule has 1 aromatic carbocycles. The van der Waals surface area contributed by atoms with Crippen molar-refractivity contribution in [2.45, 2.75) is 17.7 Å². The van der Waals surface area contributed by atoms with Crippen LogP contribution in [0.15, 0.2) is 35.2 Å². The maximum atomic E-state index is 12.9. The average molecular weight is 325 g/mol. The SMILES string of the molecule is COCC1CN(S(=O)(=O)c2ccccc2)CC12CCOCC2. The van der Waals surface area contributed by atoms with Crippen molar-refractivity contribution in [1.29, 1.82) is 0 Å². The lowest BCUT2D eigenvalue weighted by Gasteiger charge is -2.37. The highest BCUT2D eigenvalue weighted by molar-refractivity contribution is 7.89. The Kier molecular flexibility index (Phi) is 4.54. The lowest BCUT2D eigenvalue weighted by atomic mass is 9.72. The lowest BCUT2D eigenvalue weighted by molar-refractivity contribution is -0.0162. The second-order valence-corrected chi connectivity index (χ2v) is 8.18. The third-order valence-corrected chi connectivity index (χ3v) is 6.84. The molecule has 1 atom stereocenters. The van der Waals surface area contributed by atoms with Crippen LogP contribution in [0.5, 0.6) is 0 Å². The molecular formula is C16H23NO4S. The third kappa shape index (κ3) is 2.80. The minimum absolute atomic E-state index is 0.00386. The Morgan fingerprint density at radius 2 is 1.95 bits per heavy atom. The first-order valence-electron chi connectivity index (χ1n) is 7.70. The van der Waals surface area contributed by atoms with E-state index in [0.717, 1.165) is 12.8 Å². The van der Waals surface area contributed by atoms with Crippen LogP contribution in [0.25, 0.3) is 0 Å². The fourth-order valence-corrected chi connectivity index (χ4v) is 5.29.